The third kappa shape index (κ3) is 4.31. The molecule has 0 radical (unpaired) electrons. The van der Waals surface area contributed by atoms with E-state index in [0.29, 0.717) is 34.9 Å². The maximum absolute atomic E-state index is 13.3. The second kappa shape index (κ2) is 9.94. The van der Waals surface area contributed by atoms with Crippen LogP contribution in [0.3, 0.4) is 0 Å². The van der Waals surface area contributed by atoms with Crippen molar-refractivity contribution in [2.75, 3.05) is 12.0 Å². The number of nitriles is 1. The fourth-order valence-corrected chi connectivity index (χ4v) is 6.43. The van der Waals surface area contributed by atoms with Crippen molar-refractivity contribution in [3.8, 4) is 11.8 Å². The highest BCUT2D eigenvalue weighted by Gasteiger charge is 2.42. The van der Waals surface area contributed by atoms with E-state index in [4.69, 9.17) is 10.5 Å². The lowest BCUT2D eigenvalue weighted by Crippen LogP contribution is -2.38. The van der Waals surface area contributed by atoms with E-state index in [0.717, 1.165) is 27.8 Å². The Bertz CT molecular complexity index is 1370. The molecule has 0 spiro atoms. The summed E-state index contributed by atoms with van der Waals surface area (Å²) in [6.07, 6.45) is 1.82. The highest BCUT2D eigenvalue weighted by atomic mass is 32.2. The molecular weight excluding hydrogens is 478 g/mol. The predicted molar refractivity (Wildman–Crippen MR) is 137 cm³/mol. The predicted octanol–water partition coefficient (Wildman–Crippen LogP) is 5.14. The van der Waals surface area contributed by atoms with Crippen molar-refractivity contribution in [1.29, 1.82) is 5.26 Å². The first-order valence-electron chi connectivity index (χ1n) is 11.2. The normalized spacial score (nSPS) is 17.9. The molecule has 9 heteroatoms. The highest BCUT2D eigenvalue weighted by molar-refractivity contribution is 8.00. The van der Waals surface area contributed by atoms with E-state index >= 15 is 0 Å². The second-order valence-electron chi connectivity index (χ2n) is 8.18. The number of methoxy groups -OCH3 is 1. The van der Waals surface area contributed by atoms with E-state index in [2.05, 4.69) is 28.4 Å². The van der Waals surface area contributed by atoms with E-state index in [9.17, 15) is 10.1 Å². The molecule has 7 nitrogen and oxygen atoms in total. The van der Waals surface area contributed by atoms with Gasteiger partial charge in [-0.25, -0.2) is 0 Å². The van der Waals surface area contributed by atoms with E-state index in [-0.39, 0.29) is 11.6 Å². The van der Waals surface area contributed by atoms with Gasteiger partial charge >= 0.3 is 0 Å². The summed E-state index contributed by atoms with van der Waals surface area (Å²) in [5, 5.41) is 19.5. The third-order valence-electron chi connectivity index (χ3n) is 6.16. The van der Waals surface area contributed by atoms with Gasteiger partial charge < -0.3 is 10.5 Å². The van der Waals surface area contributed by atoms with Crippen LogP contribution in [0.25, 0.3) is 0 Å². The summed E-state index contributed by atoms with van der Waals surface area (Å²) < 4.78 is 6.37. The Hall–Kier alpha value is -3.61. The average Bonchev–Trinajstić information content (AvgIpc) is 3.36. The number of carbonyl (C=O) groups is 1. The molecule has 0 saturated carbocycles. The molecule has 5 rings (SSSR count). The minimum absolute atomic E-state index is 0.0237. The van der Waals surface area contributed by atoms with Gasteiger partial charge in [-0.15, -0.1) is 10.2 Å². The minimum Gasteiger partial charge on any atom is -0.496 e. The Morgan fingerprint density at radius 3 is 2.71 bits per heavy atom. The third-order valence-corrected chi connectivity index (χ3v) is 8.27. The van der Waals surface area contributed by atoms with Gasteiger partial charge in [0.1, 0.15) is 11.6 Å². The molecule has 2 heterocycles. The van der Waals surface area contributed by atoms with Crippen LogP contribution < -0.4 is 15.4 Å². The first-order chi connectivity index (χ1) is 17.1. The number of aromatic nitrogens is 2. The van der Waals surface area contributed by atoms with E-state index in [1.807, 2.05) is 42.5 Å². The van der Waals surface area contributed by atoms with Gasteiger partial charge in [0, 0.05) is 29.0 Å². The van der Waals surface area contributed by atoms with Crippen molar-refractivity contribution >= 4 is 34.0 Å². The molecule has 2 aromatic carbocycles. The Morgan fingerprint density at radius 1 is 1.17 bits per heavy atom. The lowest BCUT2D eigenvalue weighted by atomic mass is 9.75. The smallest absolute Gasteiger partial charge is 0.219 e. The molecule has 1 aliphatic carbocycles. The van der Waals surface area contributed by atoms with Gasteiger partial charge in [0.2, 0.25) is 5.13 Å². The Labute approximate surface area is 211 Å². The van der Waals surface area contributed by atoms with Crippen LogP contribution >= 0.6 is 23.1 Å². The lowest BCUT2D eigenvalue weighted by molar-refractivity contribution is -0.116. The van der Waals surface area contributed by atoms with Crippen LogP contribution in [-0.4, -0.2) is 23.1 Å². The first kappa shape index (κ1) is 23.1. The van der Waals surface area contributed by atoms with E-state index < -0.39 is 5.92 Å². The number of hydrogen-bond donors (Lipinski definition) is 1. The molecular formula is C26H23N5O2S2. The van der Waals surface area contributed by atoms with Crippen LogP contribution in [0.2, 0.25) is 0 Å². The summed E-state index contributed by atoms with van der Waals surface area (Å²) in [5.41, 5.74) is 10.3. The zero-order chi connectivity index (χ0) is 24.4. The van der Waals surface area contributed by atoms with Crippen LogP contribution in [0.15, 0.2) is 81.6 Å². The van der Waals surface area contributed by atoms with Crippen LogP contribution in [0.4, 0.5) is 5.13 Å². The highest BCUT2D eigenvalue weighted by Crippen LogP contribution is 2.48. The zero-order valence-corrected chi connectivity index (χ0v) is 20.7. The number of nitrogens with two attached hydrogens (primary N) is 1. The van der Waals surface area contributed by atoms with Crippen molar-refractivity contribution in [1.82, 2.24) is 10.2 Å². The number of Topliss-reactive ketones (excluding diaryl/α,β-unsaturated/α-hetero) is 1. The Morgan fingerprint density at radius 2 is 1.94 bits per heavy atom. The van der Waals surface area contributed by atoms with Gasteiger partial charge in [0.15, 0.2) is 10.1 Å². The van der Waals surface area contributed by atoms with Gasteiger partial charge in [-0.3, -0.25) is 9.69 Å². The van der Waals surface area contributed by atoms with E-state index in [1.54, 1.807) is 23.8 Å². The molecule has 1 aromatic heterocycles. The topological polar surface area (TPSA) is 105 Å². The molecule has 2 aliphatic rings. The average molecular weight is 502 g/mol. The molecule has 1 atom stereocenters. The summed E-state index contributed by atoms with van der Waals surface area (Å²) >= 11 is 3.00. The van der Waals surface area contributed by atoms with Crippen LogP contribution in [0.1, 0.15) is 36.3 Å². The summed E-state index contributed by atoms with van der Waals surface area (Å²) in [7, 11) is 1.58. The maximum atomic E-state index is 13.3. The Balaban J connectivity index is 1.56. The minimum atomic E-state index is -0.574. The van der Waals surface area contributed by atoms with Gasteiger partial charge in [0.25, 0.3) is 0 Å². The maximum Gasteiger partial charge on any atom is 0.219 e. The number of para-hydroxylation sites is 1. The molecule has 3 aromatic rings. The Kier molecular flexibility index (Phi) is 6.57. The fraction of sp³-hybridized carbons (Fsp3) is 0.231. The molecule has 0 bridgehead atoms. The van der Waals surface area contributed by atoms with Crippen molar-refractivity contribution < 1.29 is 9.53 Å². The molecule has 1 unspecified atom stereocenters. The molecule has 1 aliphatic heterocycles. The zero-order valence-electron chi connectivity index (χ0n) is 19.1. The number of thioether (sulfide) groups is 1. The number of nitrogens with zero attached hydrogens (tertiary/aromatic N) is 4. The SMILES string of the molecule is COc1ccccc1C1C(C#N)=C(N)N(c2nnc(SCc3ccccc3)s2)C2=C1C(=O)CCC2. The van der Waals surface area contributed by atoms with Crippen molar-refractivity contribution in [3.63, 3.8) is 0 Å². The lowest BCUT2D eigenvalue weighted by Gasteiger charge is -2.38. The van der Waals surface area contributed by atoms with Crippen molar-refractivity contribution in [2.45, 2.75) is 35.3 Å². The van der Waals surface area contributed by atoms with Crippen LogP contribution in [0.5, 0.6) is 5.75 Å². The number of hydrogen-bond acceptors (Lipinski definition) is 9. The molecule has 35 heavy (non-hydrogen) atoms. The van der Waals surface area contributed by atoms with Crippen molar-refractivity contribution in [3.05, 3.63) is 88.4 Å². The fourth-order valence-electron chi connectivity index (χ4n) is 4.59. The molecule has 0 amide bonds. The van der Waals surface area contributed by atoms with Crippen LogP contribution in [0, 0.1) is 11.3 Å². The summed E-state index contributed by atoms with van der Waals surface area (Å²) in [5.74, 6) is 1.12. The van der Waals surface area contributed by atoms with Crippen LogP contribution in [-0.2, 0) is 10.5 Å². The number of anilines is 1. The summed E-state index contributed by atoms with van der Waals surface area (Å²) in [6.45, 7) is 0. The number of ketones is 1. The summed E-state index contributed by atoms with van der Waals surface area (Å²) in [6, 6.07) is 19.9. The molecule has 2 N–H and O–H groups in total. The molecule has 176 valence electrons. The van der Waals surface area contributed by atoms with Gasteiger partial charge in [-0.05, 0) is 24.5 Å². The second-order valence-corrected chi connectivity index (χ2v) is 10.4. The van der Waals surface area contributed by atoms with Gasteiger partial charge in [-0.2, -0.15) is 5.26 Å². The molecule has 0 saturated heterocycles. The number of benzene rings is 2. The van der Waals surface area contributed by atoms with Crippen molar-refractivity contribution in [2.24, 2.45) is 5.73 Å². The first-order valence-corrected chi connectivity index (χ1v) is 13.0. The van der Waals surface area contributed by atoms with Gasteiger partial charge in [0.05, 0.1) is 24.7 Å². The van der Waals surface area contributed by atoms with Gasteiger partial charge in [-0.1, -0.05) is 71.6 Å². The number of rotatable bonds is 6. The quantitative estimate of drug-likeness (QED) is 0.463. The summed E-state index contributed by atoms with van der Waals surface area (Å²) in [4.78, 5) is 15.1. The van der Waals surface area contributed by atoms with E-state index in [1.165, 1.54) is 16.9 Å². The number of ether oxygens (including phenoxy) is 1. The monoisotopic (exact) mass is 501 g/mol. The number of allylic oxidation sites excluding steroid dienone is 3. The number of carbonyl (C=O) groups excluding carboxylic acids is 1. The standard InChI is InChI=1S/C26H23N5O2S2/c1-33-21-13-6-5-10-17(21)22-18(14-27)24(28)31(19-11-7-12-20(32)23(19)22)25-29-30-26(35-25)34-15-16-8-3-2-4-9-16/h2-6,8-10,13,22H,7,11-12,15,28H2,1H3. The molecule has 0 fully saturated rings. The largest absolute Gasteiger partial charge is 0.496 e.